The van der Waals surface area contributed by atoms with Gasteiger partial charge in [0.25, 0.3) is 5.56 Å². The molecule has 0 bridgehead atoms. The first-order chi connectivity index (χ1) is 12.9. The minimum atomic E-state index is -0.673. The Bertz CT molecular complexity index is 920. The number of ether oxygens (including phenoxy) is 1. The normalized spacial score (nSPS) is 10.4. The van der Waals surface area contributed by atoms with Gasteiger partial charge in [-0.25, -0.2) is 4.79 Å². The fourth-order valence-electron chi connectivity index (χ4n) is 2.20. The number of methoxy groups -OCH3 is 1. The molecule has 0 aliphatic carbocycles. The van der Waals surface area contributed by atoms with Crippen LogP contribution in [0.15, 0.2) is 44.5 Å². The second kappa shape index (κ2) is 9.83. The van der Waals surface area contributed by atoms with Gasteiger partial charge in [0.1, 0.15) is 6.54 Å². The number of nitrogens with zero attached hydrogens (tertiary/aromatic N) is 1. The quantitative estimate of drug-likeness (QED) is 0.509. The van der Waals surface area contributed by atoms with Gasteiger partial charge in [0.2, 0.25) is 11.8 Å². The van der Waals surface area contributed by atoms with Crippen molar-refractivity contribution < 1.29 is 14.3 Å². The summed E-state index contributed by atoms with van der Waals surface area (Å²) in [5.41, 5.74) is 0.0930. The van der Waals surface area contributed by atoms with Crippen LogP contribution in [0.1, 0.15) is 5.56 Å². The van der Waals surface area contributed by atoms with Crippen molar-refractivity contribution in [2.75, 3.05) is 25.6 Å². The molecule has 0 spiro atoms. The zero-order valence-corrected chi connectivity index (χ0v) is 16.2. The van der Waals surface area contributed by atoms with Crippen LogP contribution in [0.3, 0.4) is 0 Å². The van der Waals surface area contributed by atoms with Crippen LogP contribution in [0.4, 0.5) is 5.69 Å². The molecule has 27 heavy (non-hydrogen) atoms. The summed E-state index contributed by atoms with van der Waals surface area (Å²) in [7, 11) is 1.56. The Morgan fingerprint density at radius 3 is 2.56 bits per heavy atom. The van der Waals surface area contributed by atoms with E-state index in [0.29, 0.717) is 18.8 Å². The van der Waals surface area contributed by atoms with E-state index in [1.165, 1.54) is 6.20 Å². The predicted molar refractivity (Wildman–Crippen MR) is 103 cm³/mol. The number of hydrogen-bond acceptors (Lipinski definition) is 5. The molecule has 10 heteroatoms. The molecule has 2 rings (SSSR count). The Morgan fingerprint density at radius 1 is 1.19 bits per heavy atom. The lowest BCUT2D eigenvalue weighted by Crippen LogP contribution is -2.33. The number of anilines is 1. The van der Waals surface area contributed by atoms with Crippen molar-refractivity contribution >= 4 is 33.4 Å². The molecule has 3 N–H and O–H groups in total. The van der Waals surface area contributed by atoms with Crippen LogP contribution < -0.4 is 21.9 Å². The highest BCUT2D eigenvalue weighted by atomic mass is 79.9. The number of rotatable bonds is 8. The number of carbonyl (C=O) groups excluding carboxylic acids is 2. The van der Waals surface area contributed by atoms with Crippen LogP contribution in [0.25, 0.3) is 0 Å². The molecule has 2 amide bonds. The lowest BCUT2D eigenvalue weighted by atomic mass is 10.1. The topological polar surface area (TPSA) is 122 Å². The average Bonchev–Trinajstić information content (AvgIpc) is 2.61. The fraction of sp³-hybridized carbons (Fsp3) is 0.294. The molecule has 0 unspecified atom stereocenters. The van der Waals surface area contributed by atoms with E-state index >= 15 is 0 Å². The zero-order valence-electron chi connectivity index (χ0n) is 14.6. The molecule has 0 aliphatic rings. The van der Waals surface area contributed by atoms with Crippen molar-refractivity contribution in [2.24, 2.45) is 0 Å². The maximum Gasteiger partial charge on any atom is 0.328 e. The van der Waals surface area contributed by atoms with Gasteiger partial charge < -0.3 is 15.4 Å². The Morgan fingerprint density at radius 2 is 1.89 bits per heavy atom. The monoisotopic (exact) mass is 438 g/mol. The van der Waals surface area contributed by atoms with Gasteiger partial charge in [-0.1, -0.05) is 12.1 Å². The van der Waals surface area contributed by atoms with Gasteiger partial charge in [0.05, 0.1) is 17.5 Å². The maximum absolute atomic E-state index is 12.1. The van der Waals surface area contributed by atoms with Gasteiger partial charge in [-0.2, -0.15) is 0 Å². The molecule has 144 valence electrons. The van der Waals surface area contributed by atoms with Crippen molar-refractivity contribution in [1.29, 1.82) is 0 Å². The van der Waals surface area contributed by atoms with Crippen molar-refractivity contribution in [3.63, 3.8) is 0 Å². The number of benzene rings is 1. The molecule has 0 saturated carbocycles. The smallest absolute Gasteiger partial charge is 0.328 e. The van der Waals surface area contributed by atoms with Gasteiger partial charge in [0.15, 0.2) is 0 Å². The third-order valence-electron chi connectivity index (χ3n) is 3.51. The summed E-state index contributed by atoms with van der Waals surface area (Å²) in [6.45, 7) is 0.646. The summed E-state index contributed by atoms with van der Waals surface area (Å²) in [5.74, 6) is -0.548. The molecule has 0 atom stereocenters. The summed E-state index contributed by atoms with van der Waals surface area (Å²) < 4.78 is 6.10. The van der Waals surface area contributed by atoms with E-state index in [2.05, 4.69) is 31.5 Å². The number of aromatic amines is 1. The second-order valence-electron chi connectivity index (χ2n) is 5.63. The molecule has 9 nitrogen and oxygen atoms in total. The second-order valence-corrected chi connectivity index (χ2v) is 6.48. The van der Waals surface area contributed by atoms with E-state index in [1.807, 2.05) is 0 Å². The number of carbonyl (C=O) groups is 2. The van der Waals surface area contributed by atoms with Crippen LogP contribution >= 0.6 is 15.9 Å². The zero-order chi connectivity index (χ0) is 19.8. The SMILES string of the molecule is COCCNC(=O)Cc1ccc(NC(=O)Cn2cc(Br)c(=O)[nH]c2=O)cc1. The molecular weight excluding hydrogens is 420 g/mol. The number of halogens is 1. The van der Waals surface area contributed by atoms with E-state index in [-0.39, 0.29) is 23.3 Å². The largest absolute Gasteiger partial charge is 0.383 e. The third-order valence-corrected chi connectivity index (χ3v) is 4.08. The summed E-state index contributed by atoms with van der Waals surface area (Å²) in [6.07, 6.45) is 1.48. The van der Waals surface area contributed by atoms with Crippen LogP contribution in [0.5, 0.6) is 0 Å². The van der Waals surface area contributed by atoms with Crippen LogP contribution in [0.2, 0.25) is 0 Å². The van der Waals surface area contributed by atoms with Crippen LogP contribution in [-0.2, 0) is 27.3 Å². The molecule has 0 radical (unpaired) electrons. The van der Waals surface area contributed by atoms with E-state index in [1.54, 1.807) is 31.4 Å². The van der Waals surface area contributed by atoms with Gasteiger partial charge in [0, 0.05) is 25.5 Å². The van der Waals surface area contributed by atoms with Gasteiger partial charge in [-0.05, 0) is 33.6 Å². The Balaban J connectivity index is 1.91. The summed E-state index contributed by atoms with van der Waals surface area (Å²) >= 11 is 3.01. The Hall–Kier alpha value is -2.72. The first-order valence-corrected chi connectivity index (χ1v) is 8.82. The number of H-pyrrole nitrogens is 1. The maximum atomic E-state index is 12.1. The molecule has 0 aliphatic heterocycles. The molecule has 1 aromatic carbocycles. The highest BCUT2D eigenvalue weighted by Gasteiger charge is 2.08. The molecule has 1 heterocycles. The number of nitrogens with one attached hydrogen (secondary N) is 3. The van der Waals surface area contributed by atoms with Crippen LogP contribution in [-0.4, -0.2) is 41.6 Å². The minimum absolute atomic E-state index is 0.119. The highest BCUT2D eigenvalue weighted by Crippen LogP contribution is 2.10. The molecule has 0 fully saturated rings. The molecule has 0 saturated heterocycles. The molecule has 2 aromatic rings. The summed E-state index contributed by atoms with van der Waals surface area (Å²) in [5, 5.41) is 5.38. The van der Waals surface area contributed by atoms with Crippen molar-refractivity contribution in [3.05, 3.63) is 61.3 Å². The predicted octanol–water partition coefficient (Wildman–Crippen LogP) is 0.243. The van der Waals surface area contributed by atoms with E-state index in [4.69, 9.17) is 4.74 Å². The Labute approximate surface area is 162 Å². The summed E-state index contributed by atoms with van der Waals surface area (Å²) in [6, 6.07) is 6.80. The van der Waals surface area contributed by atoms with Crippen molar-refractivity contribution in [3.8, 4) is 0 Å². The first-order valence-electron chi connectivity index (χ1n) is 8.02. The van der Waals surface area contributed by atoms with E-state index < -0.39 is 17.2 Å². The van der Waals surface area contributed by atoms with E-state index in [9.17, 15) is 19.2 Å². The standard InChI is InChI=1S/C17H19BrN4O5/c1-27-7-6-19-14(23)8-11-2-4-12(5-3-11)20-15(24)10-22-9-13(18)16(25)21-17(22)26/h2-5,9H,6-8,10H2,1H3,(H,19,23)(H,20,24)(H,21,25,26). The number of aromatic nitrogens is 2. The molecule has 1 aromatic heterocycles. The van der Waals surface area contributed by atoms with Crippen molar-refractivity contribution in [2.45, 2.75) is 13.0 Å². The van der Waals surface area contributed by atoms with Gasteiger partial charge >= 0.3 is 5.69 Å². The minimum Gasteiger partial charge on any atom is -0.383 e. The number of amides is 2. The average molecular weight is 439 g/mol. The Kier molecular flexibility index (Phi) is 7.50. The lowest BCUT2D eigenvalue weighted by Gasteiger charge is -2.08. The fourth-order valence-corrected chi connectivity index (χ4v) is 2.55. The lowest BCUT2D eigenvalue weighted by molar-refractivity contribution is -0.120. The van der Waals surface area contributed by atoms with Crippen LogP contribution in [0, 0.1) is 0 Å². The van der Waals surface area contributed by atoms with E-state index in [0.717, 1.165) is 10.1 Å². The van der Waals surface area contributed by atoms with Gasteiger partial charge in [-0.15, -0.1) is 0 Å². The highest BCUT2D eigenvalue weighted by molar-refractivity contribution is 9.10. The van der Waals surface area contributed by atoms with Crippen molar-refractivity contribution in [1.82, 2.24) is 14.9 Å². The third kappa shape index (κ3) is 6.50. The van der Waals surface area contributed by atoms with Gasteiger partial charge in [-0.3, -0.25) is 23.9 Å². The summed E-state index contributed by atoms with van der Waals surface area (Å²) in [4.78, 5) is 48.9. The first kappa shape index (κ1) is 20.6. The number of hydrogen-bond donors (Lipinski definition) is 3. The molecular formula is C17H19BrN4O5.